The highest BCUT2D eigenvalue weighted by atomic mass is 19.1. The molecule has 0 aliphatic heterocycles. The molecule has 4 rings (SSSR count). The summed E-state index contributed by atoms with van der Waals surface area (Å²) in [5, 5.41) is 4.42. The van der Waals surface area contributed by atoms with E-state index in [1.165, 1.54) is 12.1 Å². The molecule has 0 radical (unpaired) electrons. The van der Waals surface area contributed by atoms with Crippen molar-refractivity contribution in [3.05, 3.63) is 102 Å². The van der Waals surface area contributed by atoms with Crippen molar-refractivity contribution in [3.63, 3.8) is 0 Å². The van der Waals surface area contributed by atoms with Crippen molar-refractivity contribution in [2.24, 2.45) is 5.10 Å². The van der Waals surface area contributed by atoms with Gasteiger partial charge in [-0.1, -0.05) is 72.8 Å². The van der Waals surface area contributed by atoms with Gasteiger partial charge in [-0.05, 0) is 24.6 Å². The van der Waals surface area contributed by atoms with Crippen molar-refractivity contribution < 1.29 is 4.39 Å². The monoisotopic (exact) mass is 382 g/mol. The number of benzene rings is 3. The molecule has 0 bridgehead atoms. The van der Waals surface area contributed by atoms with Crippen LogP contribution in [0.15, 0.2) is 96.1 Å². The zero-order valence-corrected chi connectivity index (χ0v) is 15.9. The van der Waals surface area contributed by atoms with Crippen LogP contribution in [0.3, 0.4) is 0 Å². The van der Waals surface area contributed by atoms with Gasteiger partial charge in [0.2, 0.25) is 0 Å². The summed E-state index contributed by atoms with van der Waals surface area (Å²) < 4.78 is 13.1. The molecule has 5 heteroatoms. The van der Waals surface area contributed by atoms with Gasteiger partial charge in [0.1, 0.15) is 5.82 Å². The number of aromatic nitrogens is 2. The first-order valence-corrected chi connectivity index (χ1v) is 9.25. The van der Waals surface area contributed by atoms with Gasteiger partial charge in [-0.15, -0.1) is 0 Å². The third-order valence-corrected chi connectivity index (χ3v) is 4.43. The van der Waals surface area contributed by atoms with Gasteiger partial charge < -0.3 is 0 Å². The van der Waals surface area contributed by atoms with E-state index < -0.39 is 0 Å². The van der Waals surface area contributed by atoms with E-state index in [4.69, 9.17) is 4.98 Å². The average molecular weight is 382 g/mol. The zero-order valence-electron chi connectivity index (χ0n) is 15.9. The lowest BCUT2D eigenvalue weighted by Gasteiger charge is -2.09. The number of nitrogens with zero attached hydrogens (tertiary/aromatic N) is 3. The van der Waals surface area contributed by atoms with Crippen molar-refractivity contribution in [1.29, 1.82) is 0 Å². The maximum absolute atomic E-state index is 13.1. The first kappa shape index (κ1) is 18.5. The van der Waals surface area contributed by atoms with Crippen LogP contribution in [0, 0.1) is 5.82 Å². The highest BCUT2D eigenvalue weighted by molar-refractivity contribution is 5.99. The lowest BCUT2D eigenvalue weighted by Crippen LogP contribution is -2.03. The Morgan fingerprint density at radius 1 is 0.793 bits per heavy atom. The summed E-state index contributed by atoms with van der Waals surface area (Å²) in [6.45, 7) is 1.86. The van der Waals surface area contributed by atoms with Gasteiger partial charge >= 0.3 is 0 Å². The lowest BCUT2D eigenvalue weighted by molar-refractivity contribution is 0.628. The predicted octanol–water partition coefficient (Wildman–Crippen LogP) is 5.79. The molecule has 0 fully saturated rings. The summed E-state index contributed by atoms with van der Waals surface area (Å²) in [4.78, 5) is 9.35. The number of nitrogens with one attached hydrogen (secondary N) is 1. The molecule has 142 valence electrons. The van der Waals surface area contributed by atoms with Crippen LogP contribution >= 0.6 is 0 Å². The predicted molar refractivity (Wildman–Crippen MR) is 115 cm³/mol. The van der Waals surface area contributed by atoms with Crippen molar-refractivity contribution in [3.8, 4) is 22.6 Å². The highest BCUT2D eigenvalue weighted by Crippen LogP contribution is 2.24. The van der Waals surface area contributed by atoms with Gasteiger partial charge in [-0.3, -0.25) is 5.43 Å². The van der Waals surface area contributed by atoms with E-state index in [0.29, 0.717) is 11.6 Å². The summed E-state index contributed by atoms with van der Waals surface area (Å²) in [6.07, 6.45) is 0. The molecule has 29 heavy (non-hydrogen) atoms. The van der Waals surface area contributed by atoms with E-state index in [-0.39, 0.29) is 5.82 Å². The highest BCUT2D eigenvalue weighted by Gasteiger charge is 2.08. The number of hydrazone groups is 1. The zero-order chi connectivity index (χ0) is 20.1. The third kappa shape index (κ3) is 4.52. The summed E-state index contributed by atoms with van der Waals surface area (Å²) in [5.74, 6) is 0.925. The Balaban J connectivity index is 1.70. The summed E-state index contributed by atoms with van der Waals surface area (Å²) in [5.41, 5.74) is 7.30. The first-order valence-electron chi connectivity index (χ1n) is 9.25. The summed E-state index contributed by atoms with van der Waals surface area (Å²) >= 11 is 0. The van der Waals surface area contributed by atoms with Crippen LogP contribution in [0.5, 0.6) is 0 Å². The van der Waals surface area contributed by atoms with Gasteiger partial charge in [0.05, 0.1) is 11.4 Å². The largest absolute Gasteiger partial charge is 0.261 e. The molecule has 0 aliphatic rings. The molecule has 1 aromatic heterocycles. The first-order chi connectivity index (χ1) is 14.2. The number of hydrogen-bond donors (Lipinski definition) is 1. The van der Waals surface area contributed by atoms with Gasteiger partial charge in [-0.25, -0.2) is 14.4 Å². The fourth-order valence-corrected chi connectivity index (χ4v) is 2.87. The van der Waals surface area contributed by atoms with Crippen LogP contribution < -0.4 is 5.43 Å². The molecule has 1 heterocycles. The minimum absolute atomic E-state index is 0.273. The van der Waals surface area contributed by atoms with E-state index in [2.05, 4.69) is 15.5 Å². The Morgan fingerprint density at radius 2 is 1.41 bits per heavy atom. The minimum Gasteiger partial charge on any atom is -0.261 e. The SMILES string of the molecule is C/C(=N\Nc1cc(-c2ccccc2)nc(-c2ccccc2)n1)c1ccc(F)cc1. The summed E-state index contributed by atoms with van der Waals surface area (Å²) in [6, 6.07) is 27.8. The minimum atomic E-state index is -0.273. The van der Waals surface area contributed by atoms with Crippen LogP contribution in [0.2, 0.25) is 0 Å². The normalized spacial score (nSPS) is 11.3. The molecule has 3 aromatic carbocycles. The molecular weight excluding hydrogens is 363 g/mol. The van der Waals surface area contributed by atoms with Gasteiger partial charge in [0.15, 0.2) is 11.6 Å². The van der Waals surface area contributed by atoms with Crippen LogP contribution in [0.25, 0.3) is 22.6 Å². The van der Waals surface area contributed by atoms with E-state index in [1.54, 1.807) is 12.1 Å². The Morgan fingerprint density at radius 3 is 2.07 bits per heavy atom. The van der Waals surface area contributed by atoms with Crippen molar-refractivity contribution in [1.82, 2.24) is 9.97 Å². The molecule has 0 atom stereocenters. The second-order valence-electron chi connectivity index (χ2n) is 6.51. The quantitative estimate of drug-likeness (QED) is 0.351. The third-order valence-electron chi connectivity index (χ3n) is 4.43. The van der Waals surface area contributed by atoms with Crippen LogP contribution in [0.4, 0.5) is 10.2 Å². The Bertz CT molecular complexity index is 1070. The van der Waals surface area contributed by atoms with Crippen LogP contribution in [-0.4, -0.2) is 15.7 Å². The molecule has 0 saturated carbocycles. The van der Waals surface area contributed by atoms with Crippen molar-refractivity contribution in [2.45, 2.75) is 6.92 Å². The Labute approximate surface area is 168 Å². The second kappa shape index (κ2) is 8.44. The average Bonchev–Trinajstić information content (AvgIpc) is 2.79. The van der Waals surface area contributed by atoms with Crippen LogP contribution in [-0.2, 0) is 0 Å². The van der Waals surface area contributed by atoms with E-state index in [1.807, 2.05) is 73.7 Å². The van der Waals surface area contributed by atoms with Crippen molar-refractivity contribution in [2.75, 3.05) is 5.43 Å². The lowest BCUT2D eigenvalue weighted by atomic mass is 10.1. The molecule has 0 aliphatic carbocycles. The summed E-state index contributed by atoms with van der Waals surface area (Å²) in [7, 11) is 0. The molecular formula is C24H19FN4. The van der Waals surface area contributed by atoms with E-state index in [0.717, 1.165) is 28.1 Å². The van der Waals surface area contributed by atoms with E-state index in [9.17, 15) is 4.39 Å². The van der Waals surface area contributed by atoms with Gasteiger partial charge in [0.25, 0.3) is 0 Å². The van der Waals surface area contributed by atoms with Gasteiger partial charge in [0, 0.05) is 17.2 Å². The topological polar surface area (TPSA) is 50.2 Å². The number of halogens is 1. The maximum Gasteiger partial charge on any atom is 0.162 e. The van der Waals surface area contributed by atoms with Gasteiger partial charge in [-0.2, -0.15) is 5.10 Å². The molecule has 0 amide bonds. The molecule has 1 N–H and O–H groups in total. The molecule has 0 spiro atoms. The number of rotatable bonds is 5. The molecule has 4 aromatic rings. The fourth-order valence-electron chi connectivity index (χ4n) is 2.87. The molecule has 0 unspecified atom stereocenters. The van der Waals surface area contributed by atoms with E-state index >= 15 is 0 Å². The standard InChI is InChI=1S/C24H19FN4/c1-17(18-12-14-21(25)15-13-18)28-29-23-16-22(19-8-4-2-5-9-19)26-24(27-23)20-10-6-3-7-11-20/h2-16H,1H3,(H,26,27,29)/b28-17+. The van der Waals surface area contributed by atoms with Crippen LogP contribution in [0.1, 0.15) is 12.5 Å². The smallest absolute Gasteiger partial charge is 0.162 e. The molecule has 4 nitrogen and oxygen atoms in total. The van der Waals surface area contributed by atoms with Crippen molar-refractivity contribution >= 4 is 11.5 Å². The second-order valence-corrected chi connectivity index (χ2v) is 6.51. The fraction of sp³-hybridized carbons (Fsp3) is 0.0417. The molecule has 0 saturated heterocycles. The number of anilines is 1. The Kier molecular flexibility index (Phi) is 5.38. The Hall–Kier alpha value is -3.86. The maximum atomic E-state index is 13.1. The number of hydrogen-bond acceptors (Lipinski definition) is 4.